The maximum atomic E-state index is 10.7. The third-order valence-electron chi connectivity index (χ3n) is 2.15. The number of non-ortho nitro benzene ring substituents is 1. The lowest BCUT2D eigenvalue weighted by molar-refractivity contribution is -0.384. The van der Waals surface area contributed by atoms with E-state index < -0.39 is 11.0 Å². The molecule has 0 saturated carbocycles. The summed E-state index contributed by atoms with van der Waals surface area (Å²) in [6.07, 6.45) is -1.03. The topological polar surface area (TPSA) is 83.7 Å². The molecule has 1 rings (SSSR count). The first-order valence-electron chi connectivity index (χ1n) is 4.75. The zero-order chi connectivity index (χ0) is 12.1. The Balaban J connectivity index is 2.84. The molecular weight excluding hydrogens is 212 g/mol. The molecule has 1 amide bonds. The SMILES string of the molecule is CCN(Cc1cccc([N+](=O)[O-])c1)C(=O)O. The fourth-order valence-corrected chi connectivity index (χ4v) is 1.30. The van der Waals surface area contributed by atoms with E-state index in [1.165, 1.54) is 17.0 Å². The van der Waals surface area contributed by atoms with Gasteiger partial charge in [0.15, 0.2) is 0 Å². The Labute approximate surface area is 92.3 Å². The van der Waals surface area contributed by atoms with Crippen molar-refractivity contribution in [1.82, 2.24) is 4.90 Å². The van der Waals surface area contributed by atoms with Gasteiger partial charge in [-0.2, -0.15) is 0 Å². The monoisotopic (exact) mass is 224 g/mol. The minimum absolute atomic E-state index is 0.0288. The van der Waals surface area contributed by atoms with Crippen molar-refractivity contribution in [2.75, 3.05) is 6.54 Å². The number of hydrogen-bond acceptors (Lipinski definition) is 3. The number of benzene rings is 1. The summed E-state index contributed by atoms with van der Waals surface area (Å²) < 4.78 is 0. The van der Waals surface area contributed by atoms with Crippen LogP contribution >= 0.6 is 0 Å². The van der Waals surface area contributed by atoms with Crippen LogP contribution in [0.1, 0.15) is 12.5 Å². The average molecular weight is 224 g/mol. The van der Waals surface area contributed by atoms with Gasteiger partial charge in [-0.3, -0.25) is 10.1 Å². The fraction of sp³-hybridized carbons (Fsp3) is 0.300. The Morgan fingerprint density at radius 3 is 2.75 bits per heavy atom. The molecule has 0 aromatic heterocycles. The van der Waals surface area contributed by atoms with Crippen LogP contribution in [0.4, 0.5) is 10.5 Å². The highest BCUT2D eigenvalue weighted by molar-refractivity contribution is 5.65. The normalized spacial score (nSPS) is 9.81. The van der Waals surface area contributed by atoms with Crippen LogP contribution in [-0.4, -0.2) is 27.6 Å². The van der Waals surface area contributed by atoms with Crippen molar-refractivity contribution in [3.63, 3.8) is 0 Å². The lowest BCUT2D eigenvalue weighted by Crippen LogP contribution is -2.28. The van der Waals surface area contributed by atoms with Crippen LogP contribution in [0.2, 0.25) is 0 Å². The van der Waals surface area contributed by atoms with Crippen LogP contribution in [0.5, 0.6) is 0 Å². The van der Waals surface area contributed by atoms with Crippen LogP contribution in [0.3, 0.4) is 0 Å². The highest BCUT2D eigenvalue weighted by Gasteiger charge is 2.12. The van der Waals surface area contributed by atoms with Crippen molar-refractivity contribution in [2.45, 2.75) is 13.5 Å². The first-order valence-corrected chi connectivity index (χ1v) is 4.75. The summed E-state index contributed by atoms with van der Waals surface area (Å²) >= 11 is 0. The highest BCUT2D eigenvalue weighted by Crippen LogP contribution is 2.14. The van der Waals surface area contributed by atoms with Gasteiger partial charge in [0.25, 0.3) is 5.69 Å². The van der Waals surface area contributed by atoms with Gasteiger partial charge < -0.3 is 10.0 Å². The summed E-state index contributed by atoms with van der Waals surface area (Å²) in [6, 6.07) is 5.97. The Bertz CT molecular complexity index is 406. The van der Waals surface area contributed by atoms with E-state index in [1.54, 1.807) is 19.1 Å². The van der Waals surface area contributed by atoms with Gasteiger partial charge in [-0.25, -0.2) is 4.79 Å². The summed E-state index contributed by atoms with van der Waals surface area (Å²) in [4.78, 5) is 21.9. The smallest absolute Gasteiger partial charge is 0.407 e. The number of carboxylic acid groups (broad SMARTS) is 1. The predicted molar refractivity (Wildman–Crippen MR) is 57.2 cm³/mol. The molecule has 16 heavy (non-hydrogen) atoms. The Kier molecular flexibility index (Phi) is 3.82. The summed E-state index contributed by atoms with van der Waals surface area (Å²) in [7, 11) is 0. The molecule has 6 heteroatoms. The molecule has 0 spiro atoms. The fourth-order valence-electron chi connectivity index (χ4n) is 1.30. The maximum absolute atomic E-state index is 10.7. The molecule has 0 aliphatic rings. The number of carbonyl (C=O) groups is 1. The minimum atomic E-state index is -1.03. The Morgan fingerprint density at radius 1 is 1.56 bits per heavy atom. The van der Waals surface area contributed by atoms with E-state index in [9.17, 15) is 14.9 Å². The second-order valence-corrected chi connectivity index (χ2v) is 3.22. The summed E-state index contributed by atoms with van der Waals surface area (Å²) in [5.41, 5.74) is 0.581. The van der Waals surface area contributed by atoms with Crippen LogP contribution in [0.25, 0.3) is 0 Å². The van der Waals surface area contributed by atoms with Crippen LogP contribution in [0.15, 0.2) is 24.3 Å². The van der Waals surface area contributed by atoms with Gasteiger partial charge in [-0.05, 0) is 12.5 Å². The molecule has 86 valence electrons. The van der Waals surface area contributed by atoms with Gasteiger partial charge in [-0.15, -0.1) is 0 Å². The average Bonchev–Trinajstić information content (AvgIpc) is 2.25. The molecule has 0 atom stereocenters. The number of hydrogen-bond donors (Lipinski definition) is 1. The molecule has 1 aromatic rings. The molecule has 0 unspecified atom stereocenters. The van der Waals surface area contributed by atoms with E-state index in [4.69, 9.17) is 5.11 Å². The van der Waals surface area contributed by atoms with Gasteiger partial charge in [0, 0.05) is 25.2 Å². The number of rotatable bonds is 4. The van der Waals surface area contributed by atoms with Crippen molar-refractivity contribution < 1.29 is 14.8 Å². The van der Waals surface area contributed by atoms with Crippen molar-refractivity contribution in [1.29, 1.82) is 0 Å². The van der Waals surface area contributed by atoms with Gasteiger partial charge in [-0.1, -0.05) is 12.1 Å². The summed E-state index contributed by atoms with van der Waals surface area (Å²) in [5, 5.41) is 19.3. The standard InChI is InChI=1S/C10H12N2O4/c1-2-11(10(13)14)7-8-4-3-5-9(6-8)12(15)16/h3-6H,2,7H2,1H3,(H,13,14). The third kappa shape index (κ3) is 2.94. The van der Waals surface area contributed by atoms with Crippen LogP contribution < -0.4 is 0 Å². The molecule has 0 aliphatic heterocycles. The van der Waals surface area contributed by atoms with Gasteiger partial charge in [0.1, 0.15) is 0 Å². The molecule has 0 bridgehead atoms. The van der Waals surface area contributed by atoms with E-state index in [2.05, 4.69) is 0 Å². The number of nitro groups is 1. The highest BCUT2D eigenvalue weighted by atomic mass is 16.6. The van der Waals surface area contributed by atoms with E-state index in [0.29, 0.717) is 12.1 Å². The maximum Gasteiger partial charge on any atom is 0.407 e. The zero-order valence-corrected chi connectivity index (χ0v) is 8.79. The molecule has 0 radical (unpaired) electrons. The molecule has 6 nitrogen and oxygen atoms in total. The minimum Gasteiger partial charge on any atom is -0.465 e. The molecule has 0 aliphatic carbocycles. The third-order valence-corrected chi connectivity index (χ3v) is 2.15. The van der Waals surface area contributed by atoms with E-state index in [0.717, 1.165) is 0 Å². The zero-order valence-electron chi connectivity index (χ0n) is 8.79. The molecule has 0 fully saturated rings. The van der Waals surface area contributed by atoms with E-state index >= 15 is 0 Å². The quantitative estimate of drug-likeness (QED) is 0.627. The van der Waals surface area contributed by atoms with Gasteiger partial charge in [0.2, 0.25) is 0 Å². The van der Waals surface area contributed by atoms with Crippen LogP contribution in [-0.2, 0) is 6.54 Å². The summed E-state index contributed by atoms with van der Waals surface area (Å²) in [6.45, 7) is 2.22. The molecular formula is C10H12N2O4. The van der Waals surface area contributed by atoms with Crippen molar-refractivity contribution >= 4 is 11.8 Å². The Morgan fingerprint density at radius 2 is 2.25 bits per heavy atom. The second kappa shape index (κ2) is 5.11. The molecule has 0 heterocycles. The van der Waals surface area contributed by atoms with E-state index in [-0.39, 0.29) is 12.2 Å². The van der Waals surface area contributed by atoms with Crippen molar-refractivity contribution in [2.24, 2.45) is 0 Å². The Hall–Kier alpha value is -2.11. The molecule has 0 saturated heterocycles. The largest absolute Gasteiger partial charge is 0.465 e. The lowest BCUT2D eigenvalue weighted by Gasteiger charge is -2.16. The van der Waals surface area contributed by atoms with Gasteiger partial charge in [0.05, 0.1) is 4.92 Å². The molecule has 1 aromatic carbocycles. The van der Waals surface area contributed by atoms with Gasteiger partial charge >= 0.3 is 6.09 Å². The van der Waals surface area contributed by atoms with E-state index in [1.807, 2.05) is 0 Å². The van der Waals surface area contributed by atoms with Crippen LogP contribution in [0, 0.1) is 10.1 Å². The number of amides is 1. The number of nitrogens with zero attached hydrogens (tertiary/aromatic N) is 2. The summed E-state index contributed by atoms with van der Waals surface area (Å²) in [5.74, 6) is 0. The van der Waals surface area contributed by atoms with Crippen molar-refractivity contribution in [3.8, 4) is 0 Å². The first-order chi connectivity index (χ1) is 7.54. The lowest BCUT2D eigenvalue weighted by atomic mass is 10.2. The number of nitro benzene ring substituents is 1. The second-order valence-electron chi connectivity index (χ2n) is 3.22. The van der Waals surface area contributed by atoms with Crippen molar-refractivity contribution in [3.05, 3.63) is 39.9 Å². The molecule has 1 N–H and O–H groups in total. The predicted octanol–water partition coefficient (Wildman–Crippen LogP) is 2.09. The first kappa shape index (κ1) is 12.0.